The van der Waals surface area contributed by atoms with Gasteiger partial charge in [-0.25, -0.2) is 9.52 Å². The molecule has 1 heterocycles. The van der Waals surface area contributed by atoms with Crippen LogP contribution in [0.15, 0.2) is 0 Å². The van der Waals surface area contributed by atoms with Crippen LogP contribution in [-0.4, -0.2) is 39.2 Å². The van der Waals surface area contributed by atoms with Crippen molar-refractivity contribution < 1.29 is 22.8 Å². The molecular formula is C6H12N2O5S. The van der Waals surface area contributed by atoms with Gasteiger partial charge in [0.15, 0.2) is 0 Å². The van der Waals surface area contributed by atoms with Crippen LogP contribution in [0, 0.1) is 0 Å². The van der Waals surface area contributed by atoms with Gasteiger partial charge >= 0.3 is 16.3 Å². The first kappa shape index (κ1) is 11.2. The van der Waals surface area contributed by atoms with Crippen molar-refractivity contribution in [3.8, 4) is 0 Å². The number of amides is 1. The minimum absolute atomic E-state index is 0.242. The Morgan fingerprint density at radius 3 is 2.71 bits per heavy atom. The average Bonchev–Trinajstić information content (AvgIpc) is 2.18. The van der Waals surface area contributed by atoms with Crippen LogP contribution in [0.2, 0.25) is 0 Å². The monoisotopic (exact) mass is 224 g/mol. The second kappa shape index (κ2) is 4.58. The predicted octanol–water partition coefficient (Wildman–Crippen LogP) is -0.385. The largest absolute Gasteiger partial charge is 0.452 e. The highest BCUT2D eigenvalue weighted by molar-refractivity contribution is 7.87. The maximum absolute atomic E-state index is 11.3. The third-order valence-corrected chi connectivity index (χ3v) is 2.88. The molecule has 8 heteroatoms. The standard InChI is InChI=1S/C6H12N2O5S/c1-12-6(9)7-14(10,11)8-4-2-3-5-13-8/h2-5H2,1H3,(H,7,9). The molecule has 82 valence electrons. The number of carbonyl (C=O) groups is 1. The number of hydroxylamine groups is 1. The summed E-state index contributed by atoms with van der Waals surface area (Å²) in [6.07, 6.45) is 0.492. The van der Waals surface area contributed by atoms with E-state index < -0.39 is 16.3 Å². The second-order valence-corrected chi connectivity index (χ2v) is 4.23. The Labute approximate surface area is 82.1 Å². The fourth-order valence-corrected chi connectivity index (χ4v) is 1.94. The van der Waals surface area contributed by atoms with Crippen LogP contribution >= 0.6 is 0 Å². The summed E-state index contributed by atoms with van der Waals surface area (Å²) < 4.78 is 29.3. The molecule has 0 atom stereocenters. The average molecular weight is 224 g/mol. The van der Waals surface area contributed by atoms with E-state index in [2.05, 4.69) is 4.74 Å². The quantitative estimate of drug-likeness (QED) is 0.690. The summed E-state index contributed by atoms with van der Waals surface area (Å²) >= 11 is 0. The first-order valence-electron chi connectivity index (χ1n) is 4.07. The SMILES string of the molecule is COC(=O)NS(=O)(=O)N1CCCCO1. The molecule has 1 N–H and O–H groups in total. The van der Waals surface area contributed by atoms with Crippen molar-refractivity contribution in [1.29, 1.82) is 0 Å². The van der Waals surface area contributed by atoms with E-state index in [1.807, 2.05) is 0 Å². The van der Waals surface area contributed by atoms with Crippen molar-refractivity contribution in [1.82, 2.24) is 9.19 Å². The highest BCUT2D eigenvalue weighted by atomic mass is 32.2. The van der Waals surface area contributed by atoms with Crippen molar-refractivity contribution in [2.75, 3.05) is 20.3 Å². The third-order valence-electron chi connectivity index (χ3n) is 1.64. The van der Waals surface area contributed by atoms with Gasteiger partial charge in [-0.05, 0) is 12.8 Å². The van der Waals surface area contributed by atoms with Crippen LogP contribution in [0.3, 0.4) is 0 Å². The zero-order chi connectivity index (χ0) is 10.6. The van der Waals surface area contributed by atoms with E-state index in [4.69, 9.17) is 4.84 Å². The Morgan fingerprint density at radius 1 is 1.50 bits per heavy atom. The molecule has 0 aliphatic carbocycles. The summed E-state index contributed by atoms with van der Waals surface area (Å²) in [7, 11) is -2.82. The first-order chi connectivity index (χ1) is 6.56. The lowest BCUT2D eigenvalue weighted by molar-refractivity contribution is -0.109. The molecule has 0 bridgehead atoms. The summed E-state index contributed by atoms with van der Waals surface area (Å²) in [6, 6.07) is 0. The van der Waals surface area contributed by atoms with Gasteiger partial charge in [0.25, 0.3) is 0 Å². The molecule has 1 aliphatic heterocycles. The number of methoxy groups -OCH3 is 1. The Morgan fingerprint density at radius 2 is 2.21 bits per heavy atom. The molecule has 1 aliphatic rings. The van der Waals surface area contributed by atoms with Gasteiger partial charge < -0.3 is 4.74 Å². The number of nitrogens with one attached hydrogen (secondary N) is 1. The molecule has 0 unspecified atom stereocenters. The van der Waals surface area contributed by atoms with Crippen LogP contribution in [-0.2, 0) is 19.8 Å². The summed E-state index contributed by atoms with van der Waals surface area (Å²) in [5.74, 6) is 0. The van der Waals surface area contributed by atoms with E-state index in [0.29, 0.717) is 13.0 Å². The molecule has 0 aromatic rings. The number of hydrogen-bond acceptors (Lipinski definition) is 5. The maximum atomic E-state index is 11.3. The van der Waals surface area contributed by atoms with Gasteiger partial charge in [0.05, 0.1) is 13.7 Å². The van der Waals surface area contributed by atoms with Crippen molar-refractivity contribution in [3.63, 3.8) is 0 Å². The number of ether oxygens (including phenoxy) is 1. The van der Waals surface area contributed by atoms with Crippen LogP contribution < -0.4 is 4.72 Å². The summed E-state index contributed by atoms with van der Waals surface area (Å²) in [5, 5.41) is 0. The van der Waals surface area contributed by atoms with Crippen molar-refractivity contribution in [2.24, 2.45) is 0 Å². The van der Waals surface area contributed by atoms with E-state index in [1.165, 1.54) is 0 Å². The van der Waals surface area contributed by atoms with Gasteiger partial charge in [-0.15, -0.1) is 0 Å². The number of carbonyl (C=O) groups excluding carboxylic acids is 1. The second-order valence-electron chi connectivity index (χ2n) is 2.67. The Kier molecular flexibility index (Phi) is 3.67. The van der Waals surface area contributed by atoms with Crippen LogP contribution in [0.25, 0.3) is 0 Å². The third kappa shape index (κ3) is 2.82. The highest BCUT2D eigenvalue weighted by Crippen LogP contribution is 2.09. The molecule has 7 nitrogen and oxygen atoms in total. The minimum atomic E-state index is -3.91. The fourth-order valence-electron chi connectivity index (χ4n) is 0.961. The zero-order valence-electron chi connectivity index (χ0n) is 7.73. The Bertz CT molecular complexity index is 295. The molecule has 1 saturated heterocycles. The molecule has 1 rings (SSSR count). The van der Waals surface area contributed by atoms with E-state index in [9.17, 15) is 13.2 Å². The predicted molar refractivity (Wildman–Crippen MR) is 46.4 cm³/mol. The Balaban J connectivity index is 2.59. The van der Waals surface area contributed by atoms with Gasteiger partial charge in [0.1, 0.15) is 0 Å². The lowest BCUT2D eigenvalue weighted by Crippen LogP contribution is -2.45. The molecule has 1 fully saturated rings. The van der Waals surface area contributed by atoms with Gasteiger partial charge in [-0.3, -0.25) is 4.84 Å². The van der Waals surface area contributed by atoms with Crippen molar-refractivity contribution in [2.45, 2.75) is 12.8 Å². The van der Waals surface area contributed by atoms with Crippen LogP contribution in [0.1, 0.15) is 12.8 Å². The van der Waals surface area contributed by atoms with E-state index in [1.54, 1.807) is 4.72 Å². The summed E-state index contributed by atoms with van der Waals surface area (Å²) in [6.45, 7) is 0.578. The van der Waals surface area contributed by atoms with Gasteiger partial charge in [-0.2, -0.15) is 8.42 Å². The molecule has 0 aromatic heterocycles. The van der Waals surface area contributed by atoms with Crippen molar-refractivity contribution >= 4 is 16.3 Å². The van der Waals surface area contributed by atoms with Gasteiger partial charge in [0, 0.05) is 6.54 Å². The number of hydrogen-bond donors (Lipinski definition) is 1. The lowest BCUT2D eigenvalue weighted by Gasteiger charge is -2.24. The summed E-state index contributed by atoms with van der Waals surface area (Å²) in [5.41, 5.74) is 0. The Hall–Kier alpha value is -0.860. The summed E-state index contributed by atoms with van der Waals surface area (Å²) in [4.78, 5) is 15.5. The number of rotatable bonds is 2. The van der Waals surface area contributed by atoms with E-state index >= 15 is 0 Å². The van der Waals surface area contributed by atoms with E-state index in [0.717, 1.165) is 18.0 Å². The molecule has 0 radical (unpaired) electrons. The molecule has 0 spiro atoms. The van der Waals surface area contributed by atoms with Crippen LogP contribution in [0.5, 0.6) is 0 Å². The number of nitrogens with zero attached hydrogens (tertiary/aromatic N) is 1. The fraction of sp³-hybridized carbons (Fsp3) is 0.833. The molecule has 14 heavy (non-hydrogen) atoms. The normalized spacial score (nSPS) is 18.9. The smallest absolute Gasteiger partial charge is 0.421 e. The van der Waals surface area contributed by atoms with Gasteiger partial charge in [0.2, 0.25) is 0 Å². The molecular weight excluding hydrogens is 212 g/mol. The van der Waals surface area contributed by atoms with Crippen LogP contribution in [0.4, 0.5) is 4.79 Å². The zero-order valence-corrected chi connectivity index (χ0v) is 8.54. The lowest BCUT2D eigenvalue weighted by atomic mass is 10.3. The van der Waals surface area contributed by atoms with Gasteiger partial charge in [-0.1, -0.05) is 4.47 Å². The molecule has 1 amide bonds. The highest BCUT2D eigenvalue weighted by Gasteiger charge is 2.27. The first-order valence-corrected chi connectivity index (χ1v) is 5.51. The molecule has 0 saturated carbocycles. The maximum Gasteiger partial charge on any atom is 0.421 e. The molecule has 0 aromatic carbocycles. The van der Waals surface area contributed by atoms with E-state index in [-0.39, 0.29) is 6.54 Å². The minimum Gasteiger partial charge on any atom is -0.452 e. The topological polar surface area (TPSA) is 84.9 Å². The van der Waals surface area contributed by atoms with Crippen molar-refractivity contribution in [3.05, 3.63) is 0 Å².